The Morgan fingerprint density at radius 3 is 1.02 bits per heavy atom. The SMILES string of the molecule is c1ccc(-c2cccc([Si](c3ccccc3)(c3ccccc3)c3cccc(-n4c5ccccc5c5cc(-n6c7ccccc7c7c([Si](c8ccccc8)(c8ccccc8)c8cccc(-n9c%10ccccc%10c%10ccccc%109)c8)cccc76)ccc54)c3)c2)cc1. The Hall–Kier alpha value is -11.1. The summed E-state index contributed by atoms with van der Waals surface area (Å²) in [5.74, 6) is 0. The molecule has 0 fully saturated rings. The minimum Gasteiger partial charge on any atom is -0.309 e. The van der Waals surface area contributed by atoms with Gasteiger partial charge in [0.1, 0.15) is 0 Å². The van der Waals surface area contributed by atoms with Crippen LogP contribution in [0.25, 0.3) is 93.6 Å². The number of fused-ring (bicyclic) bond motifs is 9. The topological polar surface area (TPSA) is 14.8 Å². The number of hydrogen-bond acceptors (Lipinski definition) is 0. The van der Waals surface area contributed by atoms with Crippen LogP contribution >= 0.6 is 0 Å². The van der Waals surface area contributed by atoms with Crippen LogP contribution in [0.4, 0.5) is 0 Å². The highest BCUT2D eigenvalue weighted by atomic mass is 28.3. The molecule has 0 aliphatic heterocycles. The number of aromatic nitrogens is 3. The molecule has 3 nitrogen and oxygen atoms in total. The van der Waals surface area contributed by atoms with E-state index >= 15 is 0 Å². The third kappa shape index (κ3) is 8.17. The highest BCUT2D eigenvalue weighted by Gasteiger charge is 2.44. The molecule has 0 unspecified atom stereocenters. The number of para-hydroxylation sites is 4. The quantitative estimate of drug-likeness (QED) is 0.0855. The molecule has 0 spiro atoms. The average molecular weight is 1170 g/mol. The predicted octanol–water partition coefficient (Wildman–Crippen LogP) is 15.4. The molecule has 3 aromatic heterocycles. The summed E-state index contributed by atoms with van der Waals surface area (Å²) in [5, 5.41) is 18.1. The molecule has 3 heterocycles. The fourth-order valence-corrected chi connectivity index (χ4v) is 25.1. The van der Waals surface area contributed by atoms with Crippen molar-refractivity contribution < 1.29 is 0 Å². The molecule has 17 aromatic rings. The zero-order chi connectivity index (χ0) is 58.9. The maximum absolute atomic E-state index is 3.19. The molecule has 0 saturated carbocycles. The number of hydrogen-bond donors (Lipinski definition) is 0. The van der Waals surface area contributed by atoms with Crippen LogP contribution in [-0.2, 0) is 0 Å². The van der Waals surface area contributed by atoms with Crippen molar-refractivity contribution in [1.29, 1.82) is 0 Å². The van der Waals surface area contributed by atoms with Crippen molar-refractivity contribution in [3.05, 3.63) is 358 Å². The third-order valence-electron chi connectivity index (χ3n) is 18.9. The fourth-order valence-electron chi connectivity index (χ4n) is 15.2. The lowest BCUT2D eigenvalue weighted by molar-refractivity contribution is 1.17. The van der Waals surface area contributed by atoms with Gasteiger partial charge in [-0.1, -0.05) is 285 Å². The van der Waals surface area contributed by atoms with Gasteiger partial charge < -0.3 is 13.7 Å². The zero-order valence-electron chi connectivity index (χ0n) is 48.9. The molecule has 5 heteroatoms. The summed E-state index contributed by atoms with van der Waals surface area (Å²) in [4.78, 5) is 0. The second-order valence-corrected chi connectivity index (χ2v) is 31.1. The van der Waals surface area contributed by atoms with Gasteiger partial charge in [0.15, 0.2) is 16.1 Å². The van der Waals surface area contributed by atoms with Gasteiger partial charge in [-0.3, -0.25) is 0 Å². The van der Waals surface area contributed by atoms with Gasteiger partial charge in [-0.25, -0.2) is 0 Å². The van der Waals surface area contributed by atoms with Crippen molar-refractivity contribution >= 4 is 123 Å². The van der Waals surface area contributed by atoms with E-state index in [9.17, 15) is 0 Å². The molecule has 418 valence electrons. The van der Waals surface area contributed by atoms with Gasteiger partial charge in [0, 0.05) is 49.4 Å². The van der Waals surface area contributed by atoms with Crippen LogP contribution in [0.5, 0.6) is 0 Å². The van der Waals surface area contributed by atoms with E-state index in [1.165, 1.54) is 113 Å². The first-order valence-corrected chi connectivity index (χ1v) is 34.8. The number of rotatable bonds is 12. The largest absolute Gasteiger partial charge is 0.309 e. The van der Waals surface area contributed by atoms with Gasteiger partial charge in [-0.15, -0.1) is 0 Å². The van der Waals surface area contributed by atoms with E-state index in [1.54, 1.807) is 0 Å². The summed E-state index contributed by atoms with van der Waals surface area (Å²) in [6.45, 7) is 0. The second kappa shape index (κ2) is 21.4. The predicted molar refractivity (Wildman–Crippen MR) is 382 cm³/mol. The third-order valence-corrected chi connectivity index (χ3v) is 28.5. The van der Waals surface area contributed by atoms with Crippen molar-refractivity contribution in [3.8, 4) is 28.2 Å². The Balaban J connectivity index is 0.878. The fraction of sp³-hybridized carbons (Fsp3) is 0. The smallest absolute Gasteiger partial charge is 0.180 e. The van der Waals surface area contributed by atoms with Crippen LogP contribution in [0.2, 0.25) is 0 Å². The highest BCUT2D eigenvalue weighted by molar-refractivity contribution is 7.21. The highest BCUT2D eigenvalue weighted by Crippen LogP contribution is 2.38. The molecule has 0 radical (unpaired) electrons. The molecule has 0 N–H and O–H groups in total. The van der Waals surface area contributed by atoms with Crippen LogP contribution < -0.4 is 41.5 Å². The Morgan fingerprint density at radius 2 is 0.506 bits per heavy atom. The van der Waals surface area contributed by atoms with Crippen molar-refractivity contribution in [2.45, 2.75) is 0 Å². The van der Waals surface area contributed by atoms with Crippen LogP contribution in [-0.4, -0.2) is 29.8 Å². The van der Waals surface area contributed by atoms with Crippen molar-refractivity contribution in [2.75, 3.05) is 0 Å². The molecule has 0 aliphatic carbocycles. The van der Waals surface area contributed by atoms with Crippen molar-refractivity contribution in [1.82, 2.24) is 13.7 Å². The lowest BCUT2D eigenvalue weighted by atomic mass is 10.1. The molecule has 14 aromatic carbocycles. The normalized spacial score (nSPS) is 12.0. The first kappa shape index (κ1) is 52.3. The molecular formula is C84H59N3Si2. The van der Waals surface area contributed by atoms with E-state index in [1.807, 2.05) is 0 Å². The Labute approximate surface area is 519 Å². The lowest BCUT2D eigenvalue weighted by Gasteiger charge is -2.35. The Morgan fingerprint density at radius 1 is 0.180 bits per heavy atom. The average Bonchev–Trinajstić information content (AvgIpc) is 1.71. The zero-order valence-corrected chi connectivity index (χ0v) is 50.9. The van der Waals surface area contributed by atoms with E-state index in [0.29, 0.717) is 0 Å². The maximum atomic E-state index is 2.53. The van der Waals surface area contributed by atoms with Gasteiger partial charge >= 0.3 is 0 Å². The molecule has 89 heavy (non-hydrogen) atoms. The van der Waals surface area contributed by atoms with Gasteiger partial charge in [0.2, 0.25) is 0 Å². The van der Waals surface area contributed by atoms with E-state index < -0.39 is 16.1 Å². The van der Waals surface area contributed by atoms with Crippen LogP contribution in [0.3, 0.4) is 0 Å². The standard InChI is InChI=1S/C84H59N3Si2/c1-6-28-60(29-7-1)61-30-24-41-69(56-61)88(65-33-8-2-9-34-65,66-35-10-3-11-36-66)70-42-25-31-62(57-70)86-79-50-22-18-46-74(79)76-59-64(54-55-81(76)86)87-80-51-23-19-47-75(80)84-82(87)52-27-53-83(84)89(67-37-12-4-13-38-67,68-39-14-5-15-40-68)71-43-26-32-63(58-71)85-77-48-20-16-44-72(77)73-45-17-21-49-78(73)85/h1-59H. The number of benzene rings is 14. The maximum Gasteiger partial charge on any atom is 0.180 e. The van der Waals surface area contributed by atoms with Crippen LogP contribution in [0.15, 0.2) is 358 Å². The Bertz CT molecular complexity index is 5360. The summed E-state index contributed by atoms with van der Waals surface area (Å²) in [6, 6.07) is 135. The summed E-state index contributed by atoms with van der Waals surface area (Å²) < 4.78 is 7.51. The molecule has 0 aliphatic rings. The first-order valence-electron chi connectivity index (χ1n) is 30.8. The summed E-state index contributed by atoms with van der Waals surface area (Å²) in [7, 11) is -6.17. The van der Waals surface area contributed by atoms with Crippen LogP contribution in [0, 0.1) is 0 Å². The van der Waals surface area contributed by atoms with E-state index in [0.717, 1.165) is 22.6 Å². The first-order chi connectivity index (χ1) is 44.2. The monoisotopic (exact) mass is 1170 g/mol. The summed E-state index contributed by atoms with van der Waals surface area (Å²) >= 11 is 0. The van der Waals surface area contributed by atoms with E-state index in [2.05, 4.69) is 372 Å². The molecule has 0 atom stereocenters. The van der Waals surface area contributed by atoms with Gasteiger partial charge in [0.25, 0.3) is 0 Å². The molecular weight excluding hydrogens is 1110 g/mol. The summed E-state index contributed by atoms with van der Waals surface area (Å²) in [6.07, 6.45) is 0. The minimum atomic E-state index is -3.19. The molecule has 17 rings (SSSR count). The van der Waals surface area contributed by atoms with Crippen LogP contribution in [0.1, 0.15) is 0 Å². The van der Waals surface area contributed by atoms with E-state index in [4.69, 9.17) is 0 Å². The van der Waals surface area contributed by atoms with Gasteiger partial charge in [-0.2, -0.15) is 0 Å². The lowest BCUT2D eigenvalue weighted by Crippen LogP contribution is -2.74. The van der Waals surface area contributed by atoms with Crippen molar-refractivity contribution in [2.24, 2.45) is 0 Å². The minimum absolute atomic E-state index is 1.12. The summed E-state index contributed by atoms with van der Waals surface area (Å²) in [5.41, 5.74) is 12.9. The molecule has 0 bridgehead atoms. The Kier molecular flexibility index (Phi) is 12.6. The van der Waals surface area contributed by atoms with Gasteiger partial charge in [-0.05, 0) is 125 Å². The van der Waals surface area contributed by atoms with Crippen molar-refractivity contribution in [3.63, 3.8) is 0 Å². The molecule has 0 amide bonds. The van der Waals surface area contributed by atoms with Gasteiger partial charge in [0.05, 0.1) is 33.1 Å². The molecule has 0 saturated heterocycles. The van der Waals surface area contributed by atoms with E-state index in [-0.39, 0.29) is 0 Å². The number of nitrogens with zero attached hydrogens (tertiary/aromatic N) is 3. The second-order valence-electron chi connectivity index (χ2n) is 23.5.